The molecule has 0 radical (unpaired) electrons. The first-order valence-electron chi connectivity index (χ1n) is 15.8. The summed E-state index contributed by atoms with van der Waals surface area (Å²) < 4.78 is 30.0. The van der Waals surface area contributed by atoms with E-state index < -0.39 is 23.4 Å². The van der Waals surface area contributed by atoms with E-state index in [2.05, 4.69) is 25.8 Å². The summed E-state index contributed by atoms with van der Waals surface area (Å²) in [5.74, 6) is -2.17. The number of carbonyl (C=O) groups excluding carboxylic acids is 2. The van der Waals surface area contributed by atoms with Crippen molar-refractivity contribution in [3.63, 3.8) is 0 Å². The highest BCUT2D eigenvalue weighted by atomic mass is 19.1. The summed E-state index contributed by atoms with van der Waals surface area (Å²) >= 11 is 0. The van der Waals surface area contributed by atoms with Gasteiger partial charge in [0.1, 0.15) is 11.6 Å². The van der Waals surface area contributed by atoms with Crippen LogP contribution in [0, 0.1) is 11.6 Å². The largest absolute Gasteiger partial charge is 0.393 e. The first-order valence-corrected chi connectivity index (χ1v) is 15.8. The fraction of sp³-hybridized carbons (Fsp3) is 0.278. The quantitative estimate of drug-likeness (QED) is 0.157. The molecule has 2 aliphatic rings. The number of hydrogen-bond donors (Lipinski definition) is 5. The molecule has 47 heavy (non-hydrogen) atoms. The Labute approximate surface area is 271 Å². The van der Waals surface area contributed by atoms with E-state index in [0.717, 1.165) is 49.7 Å². The van der Waals surface area contributed by atoms with Gasteiger partial charge < -0.3 is 36.0 Å². The van der Waals surface area contributed by atoms with E-state index in [0.29, 0.717) is 36.8 Å². The van der Waals surface area contributed by atoms with E-state index in [-0.39, 0.29) is 35.0 Å². The van der Waals surface area contributed by atoms with Gasteiger partial charge >= 0.3 is 0 Å². The maximum absolute atomic E-state index is 15.0. The molecule has 11 heteroatoms. The summed E-state index contributed by atoms with van der Waals surface area (Å²) in [6.45, 7) is 3.00. The number of nitrogens with zero attached hydrogens (tertiary/aromatic N) is 2. The van der Waals surface area contributed by atoms with Gasteiger partial charge in [-0.25, -0.2) is 8.78 Å². The van der Waals surface area contributed by atoms with Gasteiger partial charge in [-0.3, -0.25) is 9.59 Å². The summed E-state index contributed by atoms with van der Waals surface area (Å²) in [6, 6.07) is 22.4. The van der Waals surface area contributed by atoms with Gasteiger partial charge in [-0.15, -0.1) is 0 Å². The maximum Gasteiger partial charge on any atom is 0.255 e. The third-order valence-corrected chi connectivity index (χ3v) is 8.64. The van der Waals surface area contributed by atoms with Crippen molar-refractivity contribution in [1.29, 1.82) is 0 Å². The normalized spacial score (nSPS) is 15.7. The molecular weight excluding hydrogens is 604 g/mol. The number of amides is 2. The number of anilines is 6. The topological polar surface area (TPSA) is 117 Å². The lowest BCUT2D eigenvalue weighted by molar-refractivity contribution is 0.101. The molecule has 2 heterocycles. The summed E-state index contributed by atoms with van der Waals surface area (Å²) in [5, 5.41) is 27.5. The van der Waals surface area contributed by atoms with E-state index in [4.69, 9.17) is 0 Å². The SMILES string of the molecule is O=C(Nc1ccc(Nc2ccc(NC(=O)c3ccc(N4CCC(O)CC4)cc3)cc2F)c(F)c1)c1ccc(N2CCC(O)CC2)cc1. The number of hydrogen-bond acceptors (Lipinski definition) is 7. The first-order chi connectivity index (χ1) is 22.7. The van der Waals surface area contributed by atoms with Gasteiger partial charge in [0, 0.05) is 60.1 Å². The zero-order chi connectivity index (χ0) is 32.9. The van der Waals surface area contributed by atoms with E-state index in [1.165, 1.54) is 24.3 Å². The average molecular weight is 642 g/mol. The third kappa shape index (κ3) is 7.87. The monoisotopic (exact) mass is 641 g/mol. The molecule has 0 aliphatic carbocycles. The minimum Gasteiger partial charge on any atom is -0.393 e. The second-order valence-corrected chi connectivity index (χ2v) is 12.0. The first kappa shape index (κ1) is 32.0. The Balaban J connectivity index is 1.03. The van der Waals surface area contributed by atoms with Crippen molar-refractivity contribution in [2.45, 2.75) is 37.9 Å². The molecule has 4 aromatic rings. The Kier molecular flexibility index (Phi) is 9.65. The summed E-state index contributed by atoms with van der Waals surface area (Å²) in [7, 11) is 0. The van der Waals surface area contributed by atoms with Crippen LogP contribution in [0.4, 0.5) is 42.9 Å². The zero-order valence-corrected chi connectivity index (χ0v) is 25.8. The lowest BCUT2D eigenvalue weighted by Crippen LogP contribution is -2.35. The van der Waals surface area contributed by atoms with Gasteiger partial charge in [-0.1, -0.05) is 0 Å². The predicted octanol–water partition coefficient (Wildman–Crippen LogP) is 6.14. The third-order valence-electron chi connectivity index (χ3n) is 8.64. The highest BCUT2D eigenvalue weighted by Gasteiger charge is 2.19. The van der Waals surface area contributed by atoms with Crippen LogP contribution < -0.4 is 25.8 Å². The molecule has 0 aromatic heterocycles. The molecule has 9 nitrogen and oxygen atoms in total. The van der Waals surface area contributed by atoms with Crippen molar-refractivity contribution in [3.05, 3.63) is 108 Å². The Morgan fingerprint density at radius 1 is 0.574 bits per heavy atom. The second-order valence-electron chi connectivity index (χ2n) is 12.0. The van der Waals surface area contributed by atoms with Crippen LogP contribution in [0.1, 0.15) is 46.4 Å². The molecule has 0 saturated carbocycles. The number of benzene rings is 4. The van der Waals surface area contributed by atoms with Crippen LogP contribution in [0.15, 0.2) is 84.9 Å². The molecule has 6 rings (SSSR count). The Bertz CT molecular complexity index is 1590. The van der Waals surface area contributed by atoms with Crippen molar-refractivity contribution < 1.29 is 28.6 Å². The highest BCUT2D eigenvalue weighted by Crippen LogP contribution is 2.28. The van der Waals surface area contributed by atoms with Crippen molar-refractivity contribution >= 4 is 45.9 Å². The van der Waals surface area contributed by atoms with Gasteiger partial charge in [0.15, 0.2) is 0 Å². The van der Waals surface area contributed by atoms with E-state index in [9.17, 15) is 28.6 Å². The van der Waals surface area contributed by atoms with Gasteiger partial charge in [0.05, 0.1) is 23.6 Å². The number of halogens is 2. The van der Waals surface area contributed by atoms with Crippen LogP contribution in [-0.4, -0.2) is 60.4 Å². The van der Waals surface area contributed by atoms with Crippen LogP contribution in [0.5, 0.6) is 0 Å². The molecule has 0 atom stereocenters. The molecule has 0 spiro atoms. The standard InChI is InChI=1S/C36H37F2N5O4/c37-31-21-25(39-35(46)23-1-7-27(8-2-23)42-17-13-29(44)14-18-42)5-11-33(31)41-34-12-6-26(22-32(34)38)40-36(47)24-3-9-28(10-4-24)43-19-15-30(45)16-20-43/h1-12,21-22,29-30,41,44-45H,13-20H2,(H,39,46)(H,40,47). The van der Waals surface area contributed by atoms with Gasteiger partial charge in [0.2, 0.25) is 0 Å². The predicted molar refractivity (Wildman–Crippen MR) is 180 cm³/mol. The van der Waals surface area contributed by atoms with Crippen molar-refractivity contribution in [1.82, 2.24) is 0 Å². The zero-order valence-electron chi connectivity index (χ0n) is 25.8. The molecule has 0 unspecified atom stereocenters. The molecule has 2 saturated heterocycles. The second kappa shape index (κ2) is 14.2. The average Bonchev–Trinajstić information content (AvgIpc) is 3.08. The smallest absolute Gasteiger partial charge is 0.255 e. The highest BCUT2D eigenvalue weighted by molar-refractivity contribution is 6.05. The summed E-state index contributed by atoms with van der Waals surface area (Å²) in [6.07, 6.45) is 2.29. The molecule has 2 amide bonds. The van der Waals surface area contributed by atoms with E-state index in [1.54, 1.807) is 24.3 Å². The van der Waals surface area contributed by atoms with Gasteiger partial charge in [0.25, 0.3) is 11.8 Å². The lowest BCUT2D eigenvalue weighted by Gasteiger charge is -2.31. The Morgan fingerprint density at radius 3 is 1.28 bits per heavy atom. The Hall–Kier alpha value is -5.00. The number of aliphatic hydroxyl groups excluding tert-OH is 2. The molecule has 5 N–H and O–H groups in total. The minimum atomic E-state index is -0.689. The molecule has 4 aromatic carbocycles. The minimum absolute atomic E-state index is 0.0120. The fourth-order valence-corrected chi connectivity index (χ4v) is 5.84. The Morgan fingerprint density at radius 2 is 0.936 bits per heavy atom. The lowest BCUT2D eigenvalue weighted by atomic mass is 10.1. The van der Waals surface area contributed by atoms with Crippen LogP contribution in [-0.2, 0) is 0 Å². The number of piperidine rings is 2. The number of aliphatic hydroxyl groups is 2. The maximum atomic E-state index is 15.0. The van der Waals surface area contributed by atoms with Crippen molar-refractivity contribution in [3.8, 4) is 0 Å². The number of carbonyl (C=O) groups is 2. The molecule has 2 fully saturated rings. The van der Waals surface area contributed by atoms with Crippen LogP contribution in [0.2, 0.25) is 0 Å². The van der Waals surface area contributed by atoms with Gasteiger partial charge in [-0.2, -0.15) is 0 Å². The van der Waals surface area contributed by atoms with Crippen molar-refractivity contribution in [2.75, 3.05) is 51.9 Å². The van der Waals surface area contributed by atoms with Gasteiger partial charge in [-0.05, 0) is 111 Å². The fourth-order valence-electron chi connectivity index (χ4n) is 5.84. The molecule has 2 aliphatic heterocycles. The molecule has 244 valence electrons. The number of nitrogens with one attached hydrogen (secondary N) is 3. The van der Waals surface area contributed by atoms with Crippen LogP contribution >= 0.6 is 0 Å². The number of rotatable bonds is 8. The van der Waals surface area contributed by atoms with Crippen molar-refractivity contribution in [2.24, 2.45) is 0 Å². The molecular formula is C36H37F2N5O4. The van der Waals surface area contributed by atoms with Crippen LogP contribution in [0.25, 0.3) is 0 Å². The van der Waals surface area contributed by atoms with Crippen LogP contribution in [0.3, 0.4) is 0 Å². The van der Waals surface area contributed by atoms with E-state index >= 15 is 0 Å². The summed E-state index contributed by atoms with van der Waals surface area (Å²) in [5.41, 5.74) is 3.28. The van der Waals surface area contributed by atoms with E-state index in [1.807, 2.05) is 24.3 Å². The molecule has 0 bridgehead atoms. The summed E-state index contributed by atoms with van der Waals surface area (Å²) in [4.78, 5) is 29.9.